The van der Waals surface area contributed by atoms with Gasteiger partial charge in [0.05, 0.1) is 12.2 Å². The number of carbonyl (C=O) groups is 2. The number of carbonyl (C=O) groups excluding carboxylic acids is 2. The van der Waals surface area contributed by atoms with E-state index in [1.165, 1.54) is 11.8 Å². The third-order valence-corrected chi connectivity index (χ3v) is 5.44. The minimum atomic E-state index is -0.718. The summed E-state index contributed by atoms with van der Waals surface area (Å²) in [5.74, 6) is -1.92. The third-order valence-electron chi connectivity index (χ3n) is 5.44. The van der Waals surface area contributed by atoms with Gasteiger partial charge >= 0.3 is 0 Å². The molecule has 2 fully saturated rings. The smallest absolute Gasteiger partial charge is 0.257 e. The van der Waals surface area contributed by atoms with Crippen molar-refractivity contribution in [2.24, 2.45) is 0 Å². The van der Waals surface area contributed by atoms with Gasteiger partial charge in [0, 0.05) is 31.7 Å². The normalized spacial score (nSPS) is 21.5. The van der Waals surface area contributed by atoms with E-state index in [0.717, 1.165) is 31.5 Å². The fourth-order valence-corrected chi connectivity index (χ4v) is 3.94. The number of piperazine rings is 1. The van der Waals surface area contributed by atoms with Gasteiger partial charge < -0.3 is 19.4 Å². The van der Waals surface area contributed by atoms with Gasteiger partial charge in [0.25, 0.3) is 5.91 Å². The van der Waals surface area contributed by atoms with Crippen molar-refractivity contribution in [2.45, 2.75) is 31.8 Å². The maximum Gasteiger partial charge on any atom is 0.257 e. The standard InChI is InChI=1S/C20H27F2N3O3/c1-13-8-18(22)16(9-17(13)21)20(27)24-10-14-4-5-15(11-24)25(14)19(26)12-28-7-6-23(2)3/h8-9,14-15H,4-7,10-12H2,1-3H3/t14-,15+. The van der Waals surface area contributed by atoms with Gasteiger partial charge in [-0.25, -0.2) is 8.78 Å². The van der Waals surface area contributed by atoms with E-state index in [1.54, 1.807) is 0 Å². The van der Waals surface area contributed by atoms with E-state index < -0.39 is 17.5 Å². The van der Waals surface area contributed by atoms with Crippen LogP contribution in [0.4, 0.5) is 8.78 Å². The molecule has 2 bridgehead atoms. The van der Waals surface area contributed by atoms with Crippen LogP contribution < -0.4 is 0 Å². The Morgan fingerprint density at radius 3 is 2.39 bits per heavy atom. The highest BCUT2D eigenvalue weighted by atomic mass is 19.1. The van der Waals surface area contributed by atoms with Crippen LogP contribution >= 0.6 is 0 Å². The van der Waals surface area contributed by atoms with Crippen molar-refractivity contribution in [1.29, 1.82) is 0 Å². The molecule has 3 rings (SSSR count). The average Bonchev–Trinajstić information content (AvgIpc) is 2.90. The molecule has 28 heavy (non-hydrogen) atoms. The molecule has 154 valence electrons. The molecule has 1 aromatic carbocycles. The first-order chi connectivity index (χ1) is 13.3. The summed E-state index contributed by atoms with van der Waals surface area (Å²) in [5.41, 5.74) is -0.0897. The maximum atomic E-state index is 14.2. The summed E-state index contributed by atoms with van der Waals surface area (Å²) in [7, 11) is 3.87. The number of rotatable bonds is 6. The molecule has 0 spiro atoms. The minimum absolute atomic E-state index is 0.0204. The number of hydrogen-bond acceptors (Lipinski definition) is 4. The van der Waals surface area contributed by atoms with Gasteiger partial charge in [-0.15, -0.1) is 0 Å². The van der Waals surface area contributed by atoms with E-state index in [2.05, 4.69) is 0 Å². The Morgan fingerprint density at radius 2 is 1.79 bits per heavy atom. The number of aryl methyl sites for hydroxylation is 1. The van der Waals surface area contributed by atoms with E-state index in [4.69, 9.17) is 4.74 Å². The highest BCUT2D eigenvalue weighted by molar-refractivity contribution is 5.95. The van der Waals surface area contributed by atoms with Crippen LogP contribution in [0.2, 0.25) is 0 Å². The second-order valence-corrected chi connectivity index (χ2v) is 7.83. The zero-order chi connectivity index (χ0) is 20.4. The molecule has 1 aromatic rings. The number of ether oxygens (including phenoxy) is 1. The molecule has 2 aliphatic heterocycles. The molecule has 0 aliphatic carbocycles. The quantitative estimate of drug-likeness (QED) is 0.688. The first kappa shape index (κ1) is 20.7. The molecule has 2 aliphatic rings. The number of likely N-dealkylation sites (N-methyl/N-ethyl adjacent to an activating group) is 1. The summed E-state index contributed by atoms with van der Waals surface area (Å²) < 4.78 is 33.5. The van der Waals surface area contributed by atoms with E-state index in [1.807, 2.05) is 23.9 Å². The lowest BCUT2D eigenvalue weighted by atomic mass is 10.1. The van der Waals surface area contributed by atoms with Crippen LogP contribution in [0.25, 0.3) is 0 Å². The van der Waals surface area contributed by atoms with E-state index in [0.29, 0.717) is 19.7 Å². The molecule has 0 unspecified atom stereocenters. The van der Waals surface area contributed by atoms with E-state index in [9.17, 15) is 18.4 Å². The van der Waals surface area contributed by atoms with Crippen molar-refractivity contribution in [1.82, 2.24) is 14.7 Å². The molecule has 8 heteroatoms. The molecule has 0 N–H and O–H groups in total. The molecule has 0 aromatic heterocycles. The van der Waals surface area contributed by atoms with Crippen LogP contribution in [-0.4, -0.2) is 85.5 Å². The number of benzene rings is 1. The minimum Gasteiger partial charge on any atom is -0.370 e. The molecule has 2 saturated heterocycles. The lowest BCUT2D eigenvalue weighted by Crippen LogP contribution is -2.58. The van der Waals surface area contributed by atoms with Gasteiger partial charge in [0.15, 0.2) is 0 Å². The highest BCUT2D eigenvalue weighted by Gasteiger charge is 2.44. The van der Waals surface area contributed by atoms with Gasteiger partial charge in [-0.3, -0.25) is 9.59 Å². The van der Waals surface area contributed by atoms with Gasteiger partial charge in [-0.1, -0.05) is 0 Å². The van der Waals surface area contributed by atoms with Crippen LogP contribution in [0.1, 0.15) is 28.8 Å². The lowest BCUT2D eigenvalue weighted by molar-refractivity contribution is -0.141. The molecule has 0 radical (unpaired) electrons. The number of likely N-dealkylation sites (tertiary alicyclic amines) is 1. The summed E-state index contributed by atoms with van der Waals surface area (Å²) in [6.45, 7) is 3.35. The fraction of sp³-hybridized carbons (Fsp3) is 0.600. The van der Waals surface area contributed by atoms with Crippen molar-refractivity contribution in [2.75, 3.05) is 46.9 Å². The van der Waals surface area contributed by atoms with Crippen molar-refractivity contribution in [3.8, 4) is 0 Å². The summed E-state index contributed by atoms with van der Waals surface area (Å²) in [4.78, 5) is 30.6. The number of fused-ring (bicyclic) bond motifs is 2. The van der Waals surface area contributed by atoms with Gasteiger partial charge in [0.1, 0.15) is 18.2 Å². The summed E-state index contributed by atoms with van der Waals surface area (Å²) in [5, 5.41) is 0. The molecular weight excluding hydrogens is 368 g/mol. The number of nitrogens with zero attached hydrogens (tertiary/aromatic N) is 3. The predicted octanol–water partition coefficient (Wildman–Crippen LogP) is 1.67. The van der Waals surface area contributed by atoms with Gasteiger partial charge in [-0.05, 0) is 51.6 Å². The Labute approximate surface area is 164 Å². The van der Waals surface area contributed by atoms with Crippen LogP contribution in [-0.2, 0) is 9.53 Å². The van der Waals surface area contributed by atoms with Gasteiger partial charge in [-0.2, -0.15) is 0 Å². The predicted molar refractivity (Wildman–Crippen MR) is 100 cm³/mol. The summed E-state index contributed by atoms with van der Waals surface area (Å²) in [6, 6.07) is 1.80. The second-order valence-electron chi connectivity index (χ2n) is 7.83. The van der Waals surface area contributed by atoms with E-state index >= 15 is 0 Å². The van der Waals surface area contributed by atoms with Crippen molar-refractivity contribution < 1.29 is 23.1 Å². The van der Waals surface area contributed by atoms with E-state index in [-0.39, 0.29) is 35.7 Å². The van der Waals surface area contributed by atoms with Crippen molar-refractivity contribution in [3.63, 3.8) is 0 Å². The molecule has 0 saturated carbocycles. The van der Waals surface area contributed by atoms with Gasteiger partial charge in [0.2, 0.25) is 5.91 Å². The number of hydrogen-bond donors (Lipinski definition) is 0. The maximum absolute atomic E-state index is 14.2. The monoisotopic (exact) mass is 395 g/mol. The average molecular weight is 395 g/mol. The summed E-state index contributed by atoms with van der Waals surface area (Å²) in [6.07, 6.45) is 1.59. The largest absolute Gasteiger partial charge is 0.370 e. The third kappa shape index (κ3) is 4.33. The molecule has 2 amide bonds. The second kappa shape index (κ2) is 8.53. The zero-order valence-electron chi connectivity index (χ0n) is 16.6. The Balaban J connectivity index is 1.62. The van der Waals surface area contributed by atoms with Crippen molar-refractivity contribution >= 4 is 11.8 Å². The Morgan fingerprint density at radius 1 is 1.14 bits per heavy atom. The number of amides is 2. The first-order valence-electron chi connectivity index (χ1n) is 9.56. The lowest BCUT2D eigenvalue weighted by Gasteiger charge is -2.41. The Bertz CT molecular complexity index is 742. The Kier molecular flexibility index (Phi) is 6.30. The molecule has 2 heterocycles. The van der Waals surface area contributed by atoms with Crippen LogP contribution in [0.5, 0.6) is 0 Å². The zero-order valence-corrected chi connectivity index (χ0v) is 16.6. The number of halogens is 2. The highest BCUT2D eigenvalue weighted by Crippen LogP contribution is 2.31. The molecule has 6 nitrogen and oxygen atoms in total. The first-order valence-corrected chi connectivity index (χ1v) is 9.56. The van der Waals surface area contributed by atoms with Crippen LogP contribution in [0, 0.1) is 18.6 Å². The van der Waals surface area contributed by atoms with Crippen LogP contribution in [0.15, 0.2) is 12.1 Å². The fourth-order valence-electron chi connectivity index (χ4n) is 3.94. The molecular formula is C20H27F2N3O3. The topological polar surface area (TPSA) is 53.1 Å². The van der Waals surface area contributed by atoms with Crippen LogP contribution in [0.3, 0.4) is 0 Å². The Hall–Kier alpha value is -2.06. The SMILES string of the molecule is Cc1cc(F)c(C(=O)N2C[C@H]3CC[C@@H](C2)N3C(=O)COCCN(C)C)cc1F. The molecule has 2 atom stereocenters. The van der Waals surface area contributed by atoms with Crippen molar-refractivity contribution in [3.05, 3.63) is 34.9 Å². The summed E-state index contributed by atoms with van der Waals surface area (Å²) >= 11 is 0.